The first-order chi connectivity index (χ1) is 28.2. The van der Waals surface area contributed by atoms with E-state index in [-0.39, 0.29) is 5.41 Å². The molecule has 2 aliphatic rings. The summed E-state index contributed by atoms with van der Waals surface area (Å²) in [5.41, 5.74) is 11.5. The lowest BCUT2D eigenvalue weighted by Crippen LogP contribution is -2.28. The van der Waals surface area contributed by atoms with Crippen molar-refractivity contribution in [1.82, 2.24) is 19.5 Å². The van der Waals surface area contributed by atoms with Crippen molar-refractivity contribution in [2.75, 3.05) is 0 Å². The van der Waals surface area contributed by atoms with Crippen LogP contribution in [-0.4, -0.2) is 19.5 Å². The molecule has 57 heavy (non-hydrogen) atoms. The van der Waals surface area contributed by atoms with Gasteiger partial charge in [0.2, 0.25) is 5.95 Å². The van der Waals surface area contributed by atoms with Gasteiger partial charge in [-0.3, -0.25) is 4.57 Å². The molecule has 0 radical (unpaired) electrons. The Morgan fingerprint density at radius 1 is 0.491 bits per heavy atom. The average Bonchev–Trinajstić information content (AvgIpc) is 4.00. The lowest BCUT2D eigenvalue weighted by molar-refractivity contribution is 0.353. The van der Waals surface area contributed by atoms with Gasteiger partial charge in [-0.15, -0.1) is 11.3 Å². The molecular weight excluding hydrogens is 717 g/mol. The molecule has 0 N–H and O–H groups in total. The summed E-state index contributed by atoms with van der Waals surface area (Å²) in [5, 5.41) is 7.04. The van der Waals surface area contributed by atoms with Crippen LogP contribution in [0.5, 0.6) is 0 Å². The number of nitrogens with zero attached hydrogens (tertiary/aromatic N) is 4. The molecule has 0 unspecified atom stereocenters. The first kappa shape index (κ1) is 31.6. The van der Waals surface area contributed by atoms with Crippen LogP contribution in [0.15, 0.2) is 150 Å². The van der Waals surface area contributed by atoms with Crippen molar-refractivity contribution in [3.05, 3.63) is 157 Å². The Morgan fingerprint density at radius 2 is 1.23 bits per heavy atom. The number of para-hydroxylation sites is 2. The fourth-order valence-electron chi connectivity index (χ4n) is 10.3. The highest BCUT2D eigenvalue weighted by molar-refractivity contribution is 7.26. The molecule has 0 bridgehead atoms. The highest BCUT2D eigenvalue weighted by Crippen LogP contribution is 2.57. The van der Waals surface area contributed by atoms with Gasteiger partial charge < -0.3 is 4.42 Å². The van der Waals surface area contributed by atoms with E-state index in [2.05, 4.69) is 138 Å². The highest BCUT2D eigenvalue weighted by atomic mass is 32.1. The molecule has 0 atom stereocenters. The van der Waals surface area contributed by atoms with Crippen molar-refractivity contribution < 1.29 is 4.42 Å². The van der Waals surface area contributed by atoms with E-state index >= 15 is 0 Å². The molecule has 1 spiro atoms. The maximum absolute atomic E-state index is 6.39. The van der Waals surface area contributed by atoms with Crippen LogP contribution in [0.4, 0.5) is 0 Å². The summed E-state index contributed by atoms with van der Waals surface area (Å²) in [5.74, 6) is 1.87. The maximum atomic E-state index is 6.39. The third kappa shape index (κ3) is 4.42. The van der Waals surface area contributed by atoms with Gasteiger partial charge in [-0.2, -0.15) is 9.97 Å². The van der Waals surface area contributed by atoms with Crippen LogP contribution in [-0.2, 0) is 5.41 Å². The van der Waals surface area contributed by atoms with E-state index in [0.717, 1.165) is 44.1 Å². The molecule has 6 heteroatoms. The SMILES string of the molecule is c1ccc2c(c1)-c1cc3c4ccccc4n(-c4nc(-c5ccc6c(c5)oc5ccccc56)nc(-c5cccc6c5sc5ccccc56)n4)c3cc1C21CCCCC1. The van der Waals surface area contributed by atoms with E-state index < -0.39 is 0 Å². The normalized spacial score (nSPS) is 14.8. The minimum Gasteiger partial charge on any atom is -0.456 e. The van der Waals surface area contributed by atoms with E-state index in [4.69, 9.17) is 19.4 Å². The zero-order valence-electron chi connectivity index (χ0n) is 31.0. The Hall–Kier alpha value is -6.63. The summed E-state index contributed by atoms with van der Waals surface area (Å²) in [4.78, 5) is 16.2. The molecular formula is C51H34N4OS. The number of aromatic nitrogens is 4. The fourth-order valence-corrected chi connectivity index (χ4v) is 11.5. The van der Waals surface area contributed by atoms with Gasteiger partial charge in [0.1, 0.15) is 11.2 Å². The van der Waals surface area contributed by atoms with Crippen molar-refractivity contribution >= 4 is 75.3 Å². The molecule has 7 aromatic carbocycles. The number of rotatable bonds is 3. The van der Waals surface area contributed by atoms with E-state index in [0.29, 0.717) is 17.6 Å². The molecule has 4 aromatic heterocycles. The third-order valence-corrected chi connectivity index (χ3v) is 14.1. The lowest BCUT2D eigenvalue weighted by Gasteiger charge is -2.36. The van der Waals surface area contributed by atoms with Gasteiger partial charge in [0.25, 0.3) is 0 Å². The number of furan rings is 1. The van der Waals surface area contributed by atoms with Crippen LogP contribution >= 0.6 is 11.3 Å². The van der Waals surface area contributed by atoms with Crippen molar-refractivity contribution in [3.8, 4) is 39.9 Å². The van der Waals surface area contributed by atoms with Crippen molar-refractivity contribution in [1.29, 1.82) is 0 Å². The van der Waals surface area contributed by atoms with Crippen LogP contribution in [0.25, 0.3) is 104 Å². The van der Waals surface area contributed by atoms with Gasteiger partial charge >= 0.3 is 0 Å². The smallest absolute Gasteiger partial charge is 0.238 e. The molecule has 2 aliphatic carbocycles. The number of hydrogen-bond donors (Lipinski definition) is 0. The van der Waals surface area contributed by atoms with Gasteiger partial charge in [0, 0.05) is 58.3 Å². The van der Waals surface area contributed by atoms with Crippen molar-refractivity contribution in [3.63, 3.8) is 0 Å². The Bertz CT molecular complexity index is 3470. The standard InChI is InChI=1S/C51H34N4OS/c1-10-25-51(26-11-1)40-19-6-2-13-31(40)38-28-39-32-14-3-7-20-42(32)55(43(39)29-41(38)51)50-53-48(30-23-24-34-33-15-4-8-21-44(33)56-45(34)27-30)52-49(54-50)37-18-12-17-36-35-16-5-9-22-46(35)57-47(36)37/h2-9,12-24,27-29H,1,10-11,25-26H2. The zero-order valence-corrected chi connectivity index (χ0v) is 31.8. The molecule has 0 amide bonds. The van der Waals surface area contributed by atoms with Crippen molar-refractivity contribution in [2.24, 2.45) is 0 Å². The molecule has 11 aromatic rings. The van der Waals surface area contributed by atoms with E-state index in [1.165, 1.54) is 85.3 Å². The largest absolute Gasteiger partial charge is 0.456 e. The van der Waals surface area contributed by atoms with Crippen LogP contribution in [0.1, 0.15) is 43.2 Å². The molecule has 1 fully saturated rings. The minimum atomic E-state index is 0.0217. The summed E-state index contributed by atoms with van der Waals surface area (Å²) in [6.45, 7) is 0. The van der Waals surface area contributed by atoms with E-state index in [9.17, 15) is 0 Å². The summed E-state index contributed by atoms with van der Waals surface area (Å²) < 4.78 is 11.1. The minimum absolute atomic E-state index is 0.0217. The van der Waals surface area contributed by atoms with Gasteiger partial charge in [-0.25, -0.2) is 4.98 Å². The second kappa shape index (κ2) is 11.7. The van der Waals surface area contributed by atoms with Crippen LogP contribution < -0.4 is 0 Å². The molecule has 5 nitrogen and oxygen atoms in total. The Labute approximate surface area is 331 Å². The first-order valence-corrected chi connectivity index (χ1v) is 20.8. The summed E-state index contributed by atoms with van der Waals surface area (Å²) in [7, 11) is 0. The second-order valence-electron chi connectivity index (χ2n) is 15.8. The molecule has 4 heterocycles. The third-order valence-electron chi connectivity index (χ3n) is 12.9. The quantitative estimate of drug-likeness (QED) is 0.180. The average molecular weight is 751 g/mol. The van der Waals surface area contributed by atoms with Crippen molar-refractivity contribution in [2.45, 2.75) is 37.5 Å². The zero-order chi connectivity index (χ0) is 37.2. The first-order valence-electron chi connectivity index (χ1n) is 20.0. The van der Waals surface area contributed by atoms with Gasteiger partial charge in [-0.1, -0.05) is 116 Å². The second-order valence-corrected chi connectivity index (χ2v) is 16.9. The fraction of sp³-hybridized carbons (Fsp3) is 0.118. The summed E-state index contributed by atoms with van der Waals surface area (Å²) >= 11 is 1.80. The van der Waals surface area contributed by atoms with Crippen LogP contribution in [0.2, 0.25) is 0 Å². The van der Waals surface area contributed by atoms with E-state index in [1.807, 2.05) is 12.1 Å². The topological polar surface area (TPSA) is 56.7 Å². The van der Waals surface area contributed by atoms with E-state index in [1.54, 1.807) is 11.3 Å². The number of benzene rings is 7. The Kier molecular flexibility index (Phi) is 6.48. The number of thiophene rings is 1. The molecule has 0 aliphatic heterocycles. The highest BCUT2D eigenvalue weighted by Gasteiger charge is 2.44. The van der Waals surface area contributed by atoms with Gasteiger partial charge in [-0.05, 0) is 83.6 Å². The summed E-state index contributed by atoms with van der Waals surface area (Å²) in [6, 6.07) is 52.5. The Morgan fingerprint density at radius 3 is 2.16 bits per heavy atom. The predicted octanol–water partition coefficient (Wildman–Crippen LogP) is 13.8. The van der Waals surface area contributed by atoms with Crippen LogP contribution in [0, 0.1) is 0 Å². The van der Waals surface area contributed by atoms with Gasteiger partial charge in [0.05, 0.1) is 11.0 Å². The number of fused-ring (bicyclic) bond motifs is 14. The molecule has 13 rings (SSSR count). The molecule has 1 saturated carbocycles. The monoisotopic (exact) mass is 750 g/mol. The lowest BCUT2D eigenvalue weighted by atomic mass is 9.68. The Balaban J connectivity index is 1.11. The molecule has 0 saturated heterocycles. The van der Waals surface area contributed by atoms with Crippen LogP contribution in [0.3, 0.4) is 0 Å². The predicted molar refractivity (Wildman–Crippen MR) is 235 cm³/mol. The molecule has 270 valence electrons. The number of hydrogen-bond acceptors (Lipinski definition) is 5. The summed E-state index contributed by atoms with van der Waals surface area (Å²) in [6.07, 6.45) is 6.13. The maximum Gasteiger partial charge on any atom is 0.238 e. The van der Waals surface area contributed by atoms with Gasteiger partial charge in [0.15, 0.2) is 11.6 Å².